The lowest BCUT2D eigenvalue weighted by Crippen LogP contribution is -2.35. The first kappa shape index (κ1) is 19.0. The molecule has 0 radical (unpaired) electrons. The maximum Gasteiger partial charge on any atom is 0.253 e. The van der Waals surface area contributed by atoms with Crippen LogP contribution in [0.1, 0.15) is 0 Å². The summed E-state index contributed by atoms with van der Waals surface area (Å²) in [6, 6.07) is 9.97. The van der Waals surface area contributed by atoms with Gasteiger partial charge in [0.1, 0.15) is 12.3 Å². The number of hydrogen-bond donors (Lipinski definition) is 1. The molecule has 0 aliphatic heterocycles. The van der Waals surface area contributed by atoms with Gasteiger partial charge in [-0.05, 0) is 24.3 Å². The molecule has 1 aromatic carbocycles. The molecule has 2 heterocycles. The van der Waals surface area contributed by atoms with Gasteiger partial charge in [-0.15, -0.1) is 0 Å². The third kappa shape index (κ3) is 4.70. The van der Waals surface area contributed by atoms with Crippen LogP contribution in [-0.4, -0.2) is 38.7 Å². The van der Waals surface area contributed by atoms with Gasteiger partial charge in [0.2, 0.25) is 5.91 Å². The van der Waals surface area contributed by atoms with Gasteiger partial charge >= 0.3 is 0 Å². The zero-order chi connectivity index (χ0) is 19.9. The molecule has 0 spiro atoms. The summed E-state index contributed by atoms with van der Waals surface area (Å²) >= 11 is 0. The fraction of sp³-hybridized carbons (Fsp3) is 0.211. The number of aromatic nitrogens is 4. The van der Waals surface area contributed by atoms with Crippen LogP contribution in [0.15, 0.2) is 64.8 Å². The SMILES string of the molecule is COc1ccc(-c2cc(=O)n(CCNC(=O)Cn3cnccc3=O)cn2)cc1. The molecule has 1 amide bonds. The zero-order valence-corrected chi connectivity index (χ0v) is 15.2. The monoisotopic (exact) mass is 381 g/mol. The highest BCUT2D eigenvalue weighted by molar-refractivity contribution is 5.75. The molecule has 0 unspecified atom stereocenters. The Morgan fingerprint density at radius 3 is 2.54 bits per heavy atom. The van der Waals surface area contributed by atoms with Crippen molar-refractivity contribution in [3.05, 3.63) is 76.0 Å². The van der Waals surface area contributed by atoms with Gasteiger partial charge in [0.25, 0.3) is 11.1 Å². The second kappa shape index (κ2) is 8.76. The van der Waals surface area contributed by atoms with Gasteiger partial charge in [-0.25, -0.2) is 9.97 Å². The van der Waals surface area contributed by atoms with Crippen LogP contribution in [0.4, 0.5) is 0 Å². The Morgan fingerprint density at radius 1 is 1.07 bits per heavy atom. The van der Waals surface area contributed by atoms with E-state index >= 15 is 0 Å². The number of benzene rings is 1. The minimum absolute atomic E-state index is 0.129. The molecule has 9 heteroatoms. The third-order valence-electron chi connectivity index (χ3n) is 4.05. The molecule has 0 saturated carbocycles. The maximum absolute atomic E-state index is 12.3. The number of methoxy groups -OCH3 is 1. The van der Waals surface area contributed by atoms with Crippen LogP contribution in [0.3, 0.4) is 0 Å². The van der Waals surface area contributed by atoms with Gasteiger partial charge in [0.15, 0.2) is 0 Å². The highest BCUT2D eigenvalue weighted by Crippen LogP contribution is 2.19. The summed E-state index contributed by atoms with van der Waals surface area (Å²) in [6.45, 7) is 0.371. The molecule has 9 nitrogen and oxygen atoms in total. The van der Waals surface area contributed by atoms with Crippen LogP contribution in [0.2, 0.25) is 0 Å². The van der Waals surface area contributed by atoms with Crippen LogP contribution < -0.4 is 21.2 Å². The molecule has 1 N–H and O–H groups in total. The molecule has 0 atom stereocenters. The van der Waals surface area contributed by atoms with Gasteiger partial charge in [0, 0.05) is 37.0 Å². The number of carbonyl (C=O) groups is 1. The van der Waals surface area contributed by atoms with E-state index in [1.165, 1.54) is 40.1 Å². The highest BCUT2D eigenvalue weighted by Gasteiger charge is 2.06. The lowest BCUT2D eigenvalue weighted by molar-refractivity contribution is -0.121. The van der Waals surface area contributed by atoms with E-state index in [1.807, 2.05) is 12.1 Å². The minimum Gasteiger partial charge on any atom is -0.497 e. The summed E-state index contributed by atoms with van der Waals surface area (Å²) in [5.41, 5.74) is 0.836. The molecule has 144 valence electrons. The summed E-state index contributed by atoms with van der Waals surface area (Å²) in [7, 11) is 1.59. The first-order valence-corrected chi connectivity index (χ1v) is 8.55. The molecule has 28 heavy (non-hydrogen) atoms. The van der Waals surface area contributed by atoms with E-state index < -0.39 is 0 Å². The second-order valence-electron chi connectivity index (χ2n) is 5.93. The summed E-state index contributed by atoms with van der Waals surface area (Å²) in [4.78, 5) is 43.9. The maximum atomic E-state index is 12.3. The van der Waals surface area contributed by atoms with E-state index in [0.29, 0.717) is 5.69 Å². The standard InChI is InChI=1S/C19H19N5O4/c1-28-15-4-2-14(3-5-15)16-10-19(27)23(13-22-16)9-8-21-17(25)11-24-12-20-7-6-18(24)26/h2-7,10,12-13H,8-9,11H2,1H3,(H,21,25). The molecule has 0 saturated heterocycles. The largest absolute Gasteiger partial charge is 0.497 e. The van der Waals surface area contributed by atoms with E-state index in [-0.39, 0.29) is 36.7 Å². The van der Waals surface area contributed by atoms with Crippen molar-refractivity contribution in [3.8, 4) is 17.0 Å². The third-order valence-corrected chi connectivity index (χ3v) is 4.05. The molecular weight excluding hydrogens is 362 g/mol. The second-order valence-corrected chi connectivity index (χ2v) is 5.93. The van der Waals surface area contributed by atoms with E-state index in [2.05, 4.69) is 15.3 Å². The van der Waals surface area contributed by atoms with Crippen molar-refractivity contribution < 1.29 is 9.53 Å². The van der Waals surface area contributed by atoms with Gasteiger partial charge in [-0.1, -0.05) is 0 Å². The average Bonchev–Trinajstić information content (AvgIpc) is 2.71. The predicted octanol–water partition coefficient (Wildman–Crippen LogP) is 0.292. The topological polar surface area (TPSA) is 108 Å². The van der Waals surface area contributed by atoms with Crippen LogP contribution in [-0.2, 0) is 17.9 Å². The smallest absolute Gasteiger partial charge is 0.253 e. The molecular formula is C19H19N5O4. The van der Waals surface area contributed by atoms with E-state index in [1.54, 1.807) is 19.2 Å². The van der Waals surface area contributed by atoms with Crippen molar-refractivity contribution in [2.24, 2.45) is 0 Å². The zero-order valence-electron chi connectivity index (χ0n) is 15.2. The quantitative estimate of drug-likeness (QED) is 0.630. The van der Waals surface area contributed by atoms with Crippen molar-refractivity contribution in [1.82, 2.24) is 24.4 Å². The number of carbonyl (C=O) groups excluding carboxylic acids is 1. The van der Waals surface area contributed by atoms with Gasteiger partial charge in [-0.3, -0.25) is 23.5 Å². The van der Waals surface area contributed by atoms with Crippen molar-refractivity contribution in [1.29, 1.82) is 0 Å². The average molecular weight is 381 g/mol. The number of amides is 1. The van der Waals surface area contributed by atoms with Gasteiger partial charge in [-0.2, -0.15) is 0 Å². The van der Waals surface area contributed by atoms with E-state index in [4.69, 9.17) is 4.74 Å². The van der Waals surface area contributed by atoms with Gasteiger partial charge < -0.3 is 10.1 Å². The Hall–Kier alpha value is -3.75. The number of rotatable bonds is 7. The fourth-order valence-corrected chi connectivity index (χ4v) is 2.54. The molecule has 3 aromatic rings. The molecule has 0 aliphatic carbocycles. The van der Waals surface area contributed by atoms with Crippen LogP contribution in [0.5, 0.6) is 5.75 Å². The first-order chi connectivity index (χ1) is 13.6. The summed E-state index contributed by atoms with van der Waals surface area (Å²) in [5, 5.41) is 2.67. The van der Waals surface area contributed by atoms with E-state index in [0.717, 1.165) is 11.3 Å². The Balaban J connectivity index is 1.57. The Kier molecular flexibility index (Phi) is 5.95. The lowest BCUT2D eigenvalue weighted by atomic mass is 10.1. The Bertz CT molecular complexity index is 1070. The lowest BCUT2D eigenvalue weighted by Gasteiger charge is -2.09. The summed E-state index contributed by atoms with van der Waals surface area (Å²) in [5.74, 6) is 0.382. The summed E-state index contributed by atoms with van der Waals surface area (Å²) in [6.07, 6.45) is 4.11. The van der Waals surface area contributed by atoms with Crippen molar-refractivity contribution >= 4 is 5.91 Å². The number of ether oxygens (including phenoxy) is 1. The Labute approximate surface area is 160 Å². The predicted molar refractivity (Wildman–Crippen MR) is 102 cm³/mol. The Morgan fingerprint density at radius 2 is 1.86 bits per heavy atom. The molecule has 2 aromatic heterocycles. The molecule has 0 aliphatic rings. The van der Waals surface area contributed by atoms with Crippen LogP contribution >= 0.6 is 0 Å². The highest BCUT2D eigenvalue weighted by atomic mass is 16.5. The number of hydrogen-bond acceptors (Lipinski definition) is 6. The minimum atomic E-state index is -0.342. The first-order valence-electron chi connectivity index (χ1n) is 8.55. The summed E-state index contributed by atoms with van der Waals surface area (Å²) < 4.78 is 7.72. The molecule has 3 rings (SSSR count). The van der Waals surface area contributed by atoms with Crippen LogP contribution in [0, 0.1) is 0 Å². The number of nitrogens with zero attached hydrogens (tertiary/aromatic N) is 4. The van der Waals surface area contributed by atoms with Crippen LogP contribution in [0.25, 0.3) is 11.3 Å². The van der Waals surface area contributed by atoms with Crippen molar-refractivity contribution in [3.63, 3.8) is 0 Å². The van der Waals surface area contributed by atoms with Crippen molar-refractivity contribution in [2.45, 2.75) is 13.1 Å². The van der Waals surface area contributed by atoms with Crippen molar-refractivity contribution in [2.75, 3.05) is 13.7 Å². The molecule has 0 fully saturated rings. The normalized spacial score (nSPS) is 10.5. The molecule has 0 bridgehead atoms. The fourth-order valence-electron chi connectivity index (χ4n) is 2.54. The number of nitrogens with one attached hydrogen (secondary N) is 1. The van der Waals surface area contributed by atoms with Gasteiger partial charge in [0.05, 0.1) is 25.5 Å². The van der Waals surface area contributed by atoms with E-state index in [9.17, 15) is 14.4 Å².